The number of hydrogen-bond acceptors (Lipinski definition) is 3. The molecule has 1 fully saturated rings. The van der Waals surface area contributed by atoms with Gasteiger partial charge in [0.05, 0.1) is 16.6 Å². The van der Waals surface area contributed by atoms with Crippen LogP contribution >= 0.6 is 23.2 Å². The molecule has 1 aliphatic heterocycles. The second-order valence-electron chi connectivity index (χ2n) is 5.08. The number of benzene rings is 1. The summed E-state index contributed by atoms with van der Waals surface area (Å²) in [7, 11) is 0. The summed E-state index contributed by atoms with van der Waals surface area (Å²) in [5.74, 6) is 0.315. The lowest BCUT2D eigenvalue weighted by atomic mass is 9.98. The summed E-state index contributed by atoms with van der Waals surface area (Å²) in [6.07, 6.45) is 1.88. The molecule has 4 nitrogen and oxygen atoms in total. The highest BCUT2D eigenvalue weighted by Crippen LogP contribution is 2.25. The normalized spacial score (nSPS) is 17.1. The van der Waals surface area contributed by atoms with Crippen molar-refractivity contribution in [3.8, 4) is 0 Å². The number of aliphatic hydroxyl groups is 1. The van der Waals surface area contributed by atoms with E-state index in [0.717, 1.165) is 25.9 Å². The van der Waals surface area contributed by atoms with Gasteiger partial charge in [-0.2, -0.15) is 0 Å². The summed E-state index contributed by atoms with van der Waals surface area (Å²) < 4.78 is 0. The molecule has 0 unspecified atom stereocenters. The molecule has 0 aromatic heterocycles. The first-order valence-electron chi connectivity index (χ1n) is 6.66. The average molecular weight is 317 g/mol. The maximum absolute atomic E-state index is 11.9. The Bertz CT molecular complexity index is 474. The van der Waals surface area contributed by atoms with Gasteiger partial charge >= 0.3 is 0 Å². The SMILES string of the molecule is O=C(CN1CCC(CO)CC1)Nc1ccc(Cl)c(Cl)c1. The Labute approximate surface area is 128 Å². The molecule has 2 rings (SSSR count). The van der Waals surface area contributed by atoms with Crippen LogP contribution in [0.25, 0.3) is 0 Å². The second kappa shape index (κ2) is 7.27. The Morgan fingerprint density at radius 2 is 2.00 bits per heavy atom. The monoisotopic (exact) mass is 316 g/mol. The minimum absolute atomic E-state index is 0.0640. The van der Waals surface area contributed by atoms with Crippen molar-refractivity contribution in [1.82, 2.24) is 4.90 Å². The van der Waals surface area contributed by atoms with Crippen LogP contribution in [-0.2, 0) is 4.79 Å². The van der Waals surface area contributed by atoms with Gasteiger partial charge in [0.25, 0.3) is 0 Å². The number of amides is 1. The van der Waals surface area contributed by atoms with Gasteiger partial charge in [0.2, 0.25) is 5.91 Å². The highest BCUT2D eigenvalue weighted by molar-refractivity contribution is 6.42. The Hall–Kier alpha value is -0.810. The van der Waals surface area contributed by atoms with Gasteiger partial charge in [-0.25, -0.2) is 0 Å². The van der Waals surface area contributed by atoms with E-state index >= 15 is 0 Å². The second-order valence-corrected chi connectivity index (χ2v) is 5.89. The van der Waals surface area contributed by atoms with E-state index in [2.05, 4.69) is 10.2 Å². The lowest BCUT2D eigenvalue weighted by Crippen LogP contribution is -2.39. The molecule has 1 aromatic rings. The van der Waals surface area contributed by atoms with Crippen molar-refractivity contribution in [3.05, 3.63) is 28.2 Å². The number of piperidine rings is 1. The molecule has 0 bridgehead atoms. The van der Waals surface area contributed by atoms with Gasteiger partial charge in [0, 0.05) is 12.3 Å². The molecule has 0 radical (unpaired) electrons. The largest absolute Gasteiger partial charge is 0.396 e. The molecule has 1 heterocycles. The summed E-state index contributed by atoms with van der Waals surface area (Å²) in [6, 6.07) is 5.02. The predicted octanol–water partition coefficient (Wildman–Crippen LogP) is 2.64. The van der Waals surface area contributed by atoms with Gasteiger partial charge in [0.1, 0.15) is 0 Å². The highest BCUT2D eigenvalue weighted by Gasteiger charge is 2.20. The standard InChI is InChI=1S/C14H18Cl2N2O2/c15-12-2-1-11(7-13(12)16)17-14(20)8-18-5-3-10(9-19)4-6-18/h1-2,7,10,19H,3-6,8-9H2,(H,17,20). The molecule has 1 saturated heterocycles. The van der Waals surface area contributed by atoms with E-state index in [4.69, 9.17) is 28.3 Å². The van der Waals surface area contributed by atoms with Gasteiger partial charge in [-0.05, 0) is 50.0 Å². The third-order valence-electron chi connectivity index (χ3n) is 3.54. The molecule has 2 N–H and O–H groups in total. The van der Waals surface area contributed by atoms with Crippen molar-refractivity contribution in [2.24, 2.45) is 5.92 Å². The van der Waals surface area contributed by atoms with Crippen molar-refractivity contribution in [1.29, 1.82) is 0 Å². The molecule has 0 saturated carbocycles. The zero-order valence-corrected chi connectivity index (χ0v) is 12.6. The van der Waals surface area contributed by atoms with Gasteiger partial charge < -0.3 is 10.4 Å². The van der Waals surface area contributed by atoms with E-state index in [1.54, 1.807) is 18.2 Å². The maximum atomic E-state index is 11.9. The fourth-order valence-corrected chi connectivity index (χ4v) is 2.60. The molecular formula is C14H18Cl2N2O2. The van der Waals surface area contributed by atoms with Crippen molar-refractivity contribution >= 4 is 34.8 Å². The third-order valence-corrected chi connectivity index (χ3v) is 4.27. The van der Waals surface area contributed by atoms with Gasteiger partial charge in [-0.1, -0.05) is 23.2 Å². The fourth-order valence-electron chi connectivity index (χ4n) is 2.30. The van der Waals surface area contributed by atoms with Crippen molar-refractivity contribution in [2.75, 3.05) is 31.6 Å². The van der Waals surface area contributed by atoms with E-state index < -0.39 is 0 Å². The molecule has 1 aromatic carbocycles. The topological polar surface area (TPSA) is 52.6 Å². The van der Waals surface area contributed by atoms with Crippen LogP contribution in [0.5, 0.6) is 0 Å². The number of nitrogens with zero attached hydrogens (tertiary/aromatic N) is 1. The van der Waals surface area contributed by atoms with E-state index in [9.17, 15) is 4.79 Å². The first-order valence-corrected chi connectivity index (χ1v) is 7.42. The number of likely N-dealkylation sites (tertiary alicyclic amines) is 1. The number of carbonyl (C=O) groups is 1. The molecule has 20 heavy (non-hydrogen) atoms. The van der Waals surface area contributed by atoms with E-state index in [1.165, 1.54) is 0 Å². The number of halogens is 2. The molecule has 1 amide bonds. The Morgan fingerprint density at radius 1 is 1.30 bits per heavy atom. The van der Waals surface area contributed by atoms with Gasteiger partial charge in [0.15, 0.2) is 0 Å². The number of rotatable bonds is 4. The van der Waals surface area contributed by atoms with Crippen molar-refractivity contribution in [3.63, 3.8) is 0 Å². The number of anilines is 1. The third kappa shape index (κ3) is 4.35. The van der Waals surface area contributed by atoms with Crippen LogP contribution in [0.1, 0.15) is 12.8 Å². The summed E-state index contributed by atoms with van der Waals surface area (Å²) in [4.78, 5) is 14.0. The Balaban J connectivity index is 1.82. The first kappa shape index (κ1) is 15.6. The first-order chi connectivity index (χ1) is 9.58. The van der Waals surface area contributed by atoms with Crippen LogP contribution in [0.3, 0.4) is 0 Å². The zero-order chi connectivity index (χ0) is 14.5. The number of aliphatic hydroxyl groups excluding tert-OH is 1. The van der Waals surface area contributed by atoms with Crippen molar-refractivity contribution < 1.29 is 9.90 Å². The minimum Gasteiger partial charge on any atom is -0.396 e. The highest BCUT2D eigenvalue weighted by atomic mass is 35.5. The molecule has 0 aliphatic carbocycles. The number of carbonyl (C=O) groups excluding carboxylic acids is 1. The smallest absolute Gasteiger partial charge is 0.238 e. The summed E-state index contributed by atoms with van der Waals surface area (Å²) in [5, 5.41) is 12.8. The van der Waals surface area contributed by atoms with Crippen LogP contribution in [0, 0.1) is 5.92 Å². The van der Waals surface area contributed by atoms with Gasteiger partial charge in [-0.15, -0.1) is 0 Å². The summed E-state index contributed by atoms with van der Waals surface area (Å²) in [5.41, 5.74) is 0.648. The average Bonchev–Trinajstić information content (AvgIpc) is 2.44. The Morgan fingerprint density at radius 3 is 2.60 bits per heavy atom. The lowest BCUT2D eigenvalue weighted by Gasteiger charge is -2.30. The minimum atomic E-state index is -0.0640. The van der Waals surface area contributed by atoms with E-state index in [-0.39, 0.29) is 12.5 Å². The summed E-state index contributed by atoms with van der Waals surface area (Å²) >= 11 is 11.7. The number of nitrogens with one attached hydrogen (secondary N) is 1. The zero-order valence-electron chi connectivity index (χ0n) is 11.1. The molecule has 1 aliphatic rings. The van der Waals surface area contributed by atoms with Crippen LogP contribution in [0.2, 0.25) is 10.0 Å². The quantitative estimate of drug-likeness (QED) is 0.897. The molecule has 0 spiro atoms. The van der Waals surface area contributed by atoms with Gasteiger partial charge in [-0.3, -0.25) is 9.69 Å². The van der Waals surface area contributed by atoms with E-state index in [0.29, 0.717) is 28.2 Å². The maximum Gasteiger partial charge on any atom is 0.238 e. The van der Waals surface area contributed by atoms with Crippen LogP contribution in [0.4, 0.5) is 5.69 Å². The molecule has 0 atom stereocenters. The number of hydrogen-bond donors (Lipinski definition) is 2. The molecule has 6 heteroatoms. The van der Waals surface area contributed by atoms with Crippen LogP contribution in [0.15, 0.2) is 18.2 Å². The summed E-state index contributed by atoms with van der Waals surface area (Å²) in [6.45, 7) is 2.29. The predicted molar refractivity (Wildman–Crippen MR) is 81.3 cm³/mol. The van der Waals surface area contributed by atoms with Crippen molar-refractivity contribution in [2.45, 2.75) is 12.8 Å². The van der Waals surface area contributed by atoms with Crippen LogP contribution < -0.4 is 5.32 Å². The molecule has 110 valence electrons. The Kier molecular flexibility index (Phi) is 5.66. The van der Waals surface area contributed by atoms with Crippen LogP contribution in [-0.4, -0.2) is 42.2 Å². The van der Waals surface area contributed by atoms with E-state index in [1.807, 2.05) is 0 Å². The lowest BCUT2D eigenvalue weighted by molar-refractivity contribution is -0.117. The molecular weight excluding hydrogens is 299 g/mol. The fraction of sp³-hybridized carbons (Fsp3) is 0.500.